The summed E-state index contributed by atoms with van der Waals surface area (Å²) in [4.78, 5) is 13.7. The van der Waals surface area contributed by atoms with Crippen LogP contribution in [0.4, 0.5) is 24.5 Å². The fraction of sp³-hybridized carbons (Fsp3) is 0.438. The summed E-state index contributed by atoms with van der Waals surface area (Å²) in [5.74, 6) is -0.734. The minimum atomic E-state index is -4.49. The molecular weight excluding hydrogens is 369 g/mol. The molecule has 1 aromatic carbocycles. The molecule has 2 aromatic rings. The number of anilines is 2. The Morgan fingerprint density at radius 3 is 2.54 bits per heavy atom. The number of hydrogen-bond acceptors (Lipinski definition) is 6. The molecule has 0 radical (unpaired) electrons. The number of nitrogen functional groups attached to an aromatic ring is 1. The molecule has 1 fully saturated rings. The van der Waals surface area contributed by atoms with Crippen molar-refractivity contribution in [1.29, 1.82) is 0 Å². The number of amides is 1. The van der Waals surface area contributed by atoms with E-state index in [-0.39, 0.29) is 27.7 Å². The van der Waals surface area contributed by atoms with E-state index in [1.54, 1.807) is 6.07 Å². The normalized spacial score (nSPS) is 16.2. The van der Waals surface area contributed by atoms with Gasteiger partial charge in [0, 0.05) is 35.6 Å². The minimum Gasteiger partial charge on any atom is -0.483 e. The van der Waals surface area contributed by atoms with Gasteiger partial charge in [0.25, 0.3) is 5.91 Å². The summed E-state index contributed by atoms with van der Waals surface area (Å²) in [7, 11) is 0. The lowest BCUT2D eigenvalue weighted by atomic mass is 10.0. The monoisotopic (exact) mass is 388 g/mol. The first-order chi connectivity index (χ1) is 12.2. The quantitative estimate of drug-likeness (QED) is 0.746. The Morgan fingerprint density at radius 2 is 1.96 bits per heavy atom. The summed E-state index contributed by atoms with van der Waals surface area (Å²) >= 11 is 1.05. The maximum atomic E-state index is 12.6. The van der Waals surface area contributed by atoms with Crippen LogP contribution < -0.4 is 26.8 Å². The van der Waals surface area contributed by atoms with E-state index in [4.69, 9.17) is 21.9 Å². The molecule has 0 unspecified atom stereocenters. The van der Waals surface area contributed by atoms with E-state index in [2.05, 4.69) is 0 Å². The van der Waals surface area contributed by atoms with Crippen LogP contribution in [0, 0.1) is 0 Å². The Hall–Kier alpha value is -2.20. The zero-order valence-electron chi connectivity index (χ0n) is 13.8. The van der Waals surface area contributed by atoms with Gasteiger partial charge in [-0.25, -0.2) is 0 Å². The maximum absolute atomic E-state index is 12.6. The first-order valence-electron chi connectivity index (χ1n) is 8.01. The number of nitrogens with two attached hydrogens (primary N) is 3. The zero-order chi connectivity index (χ0) is 19.1. The van der Waals surface area contributed by atoms with E-state index in [1.165, 1.54) is 6.07 Å². The van der Waals surface area contributed by atoms with Crippen molar-refractivity contribution >= 4 is 38.7 Å². The maximum Gasteiger partial charge on any atom is 0.422 e. The lowest BCUT2D eigenvalue weighted by Gasteiger charge is -2.32. The second kappa shape index (κ2) is 6.84. The molecule has 1 aromatic heterocycles. The summed E-state index contributed by atoms with van der Waals surface area (Å²) in [6.45, 7) is -0.0680. The van der Waals surface area contributed by atoms with Crippen LogP contribution in [0.15, 0.2) is 12.1 Å². The molecule has 10 heteroatoms. The number of hydrogen-bond donors (Lipinski definition) is 3. The number of ether oxygens (including phenoxy) is 1. The Kier molecular flexibility index (Phi) is 4.89. The van der Waals surface area contributed by atoms with Crippen molar-refractivity contribution in [1.82, 2.24) is 0 Å². The average Bonchev–Trinajstić information content (AvgIpc) is 2.90. The molecule has 6 nitrogen and oxygen atoms in total. The molecular formula is C16H19F3N4O2S. The highest BCUT2D eigenvalue weighted by Gasteiger charge is 2.30. The van der Waals surface area contributed by atoms with Crippen LogP contribution in [0.2, 0.25) is 0 Å². The third-order valence-electron chi connectivity index (χ3n) is 4.30. The molecule has 0 spiro atoms. The van der Waals surface area contributed by atoms with Crippen LogP contribution in [-0.2, 0) is 0 Å². The second-order valence-corrected chi connectivity index (χ2v) is 7.31. The van der Waals surface area contributed by atoms with Gasteiger partial charge in [0.1, 0.15) is 10.6 Å². The number of alkyl halides is 3. The van der Waals surface area contributed by atoms with E-state index < -0.39 is 18.7 Å². The van der Waals surface area contributed by atoms with E-state index >= 15 is 0 Å². The van der Waals surface area contributed by atoms with Gasteiger partial charge in [-0.2, -0.15) is 13.2 Å². The summed E-state index contributed by atoms with van der Waals surface area (Å²) in [5, 5.41) is 0.283. The molecule has 6 N–H and O–H groups in total. The molecule has 1 aliphatic rings. The standard InChI is InChI=1S/C16H19F3N4O2S/c17-16(18,19)7-25-10-5-9(23-3-1-8(20)2-4-23)6-11-12(10)13(21)14(26-11)15(22)24/h5-6,8H,1-4,7,20-21H2,(H2,22,24). The topological polar surface area (TPSA) is 108 Å². The zero-order valence-corrected chi connectivity index (χ0v) is 14.6. The van der Waals surface area contributed by atoms with Crippen molar-refractivity contribution in [2.24, 2.45) is 11.5 Å². The van der Waals surface area contributed by atoms with Crippen LogP contribution >= 0.6 is 11.3 Å². The predicted octanol–water partition coefficient (Wildman–Crippen LogP) is 2.45. The first-order valence-corrected chi connectivity index (χ1v) is 8.83. The number of piperidine rings is 1. The Morgan fingerprint density at radius 1 is 1.31 bits per heavy atom. The van der Waals surface area contributed by atoms with Crippen molar-refractivity contribution in [3.8, 4) is 5.75 Å². The van der Waals surface area contributed by atoms with Crippen molar-refractivity contribution in [2.75, 3.05) is 30.3 Å². The number of benzene rings is 1. The molecule has 1 saturated heterocycles. The molecule has 3 rings (SSSR count). The SMILES string of the molecule is NC(=O)c1sc2cc(N3CCC(N)CC3)cc(OCC(F)(F)F)c2c1N. The average molecular weight is 388 g/mol. The van der Waals surface area contributed by atoms with Crippen LogP contribution in [0.1, 0.15) is 22.5 Å². The van der Waals surface area contributed by atoms with Crippen LogP contribution in [0.25, 0.3) is 10.1 Å². The highest BCUT2D eigenvalue weighted by atomic mass is 32.1. The highest BCUT2D eigenvalue weighted by molar-refractivity contribution is 7.21. The largest absolute Gasteiger partial charge is 0.483 e. The van der Waals surface area contributed by atoms with Gasteiger partial charge >= 0.3 is 6.18 Å². The third-order valence-corrected chi connectivity index (χ3v) is 5.46. The number of nitrogens with zero attached hydrogens (tertiary/aromatic N) is 1. The minimum absolute atomic E-state index is 0.00838. The van der Waals surface area contributed by atoms with Crippen LogP contribution in [0.5, 0.6) is 5.75 Å². The molecule has 2 heterocycles. The number of carbonyl (C=O) groups is 1. The van der Waals surface area contributed by atoms with E-state index in [0.717, 1.165) is 24.2 Å². The van der Waals surface area contributed by atoms with Crippen molar-refractivity contribution in [2.45, 2.75) is 25.1 Å². The van der Waals surface area contributed by atoms with Gasteiger partial charge in [0.2, 0.25) is 0 Å². The Labute approximate surface area is 151 Å². The van der Waals surface area contributed by atoms with Gasteiger partial charge in [0.05, 0.1) is 11.1 Å². The lowest BCUT2D eigenvalue weighted by Crippen LogP contribution is -2.39. The van der Waals surface area contributed by atoms with E-state index in [9.17, 15) is 18.0 Å². The van der Waals surface area contributed by atoms with Gasteiger partial charge < -0.3 is 26.8 Å². The molecule has 1 amide bonds. The van der Waals surface area contributed by atoms with Crippen molar-refractivity contribution < 1.29 is 22.7 Å². The summed E-state index contributed by atoms with van der Waals surface area (Å²) in [6, 6.07) is 3.44. The molecule has 26 heavy (non-hydrogen) atoms. The van der Waals surface area contributed by atoms with Crippen molar-refractivity contribution in [3.63, 3.8) is 0 Å². The molecule has 0 atom stereocenters. The van der Waals surface area contributed by atoms with Gasteiger partial charge in [-0.1, -0.05) is 0 Å². The van der Waals surface area contributed by atoms with Gasteiger partial charge in [-0.15, -0.1) is 11.3 Å². The summed E-state index contributed by atoms with van der Waals surface area (Å²) in [6.07, 6.45) is -2.91. The lowest BCUT2D eigenvalue weighted by molar-refractivity contribution is -0.153. The number of rotatable bonds is 4. The fourth-order valence-corrected chi connectivity index (χ4v) is 4.02. The van der Waals surface area contributed by atoms with E-state index in [1.807, 2.05) is 4.90 Å². The molecule has 0 bridgehead atoms. The fourth-order valence-electron chi connectivity index (χ4n) is 3.00. The Bertz CT molecular complexity index is 829. The predicted molar refractivity (Wildman–Crippen MR) is 95.7 cm³/mol. The highest BCUT2D eigenvalue weighted by Crippen LogP contribution is 2.43. The van der Waals surface area contributed by atoms with Gasteiger partial charge in [0.15, 0.2) is 6.61 Å². The number of fused-ring (bicyclic) bond motifs is 1. The summed E-state index contributed by atoms with van der Waals surface area (Å²) < 4.78 is 43.4. The number of halogens is 3. The Balaban J connectivity index is 2.05. The molecule has 0 saturated carbocycles. The number of primary amides is 1. The van der Waals surface area contributed by atoms with Crippen LogP contribution in [-0.4, -0.2) is 37.8 Å². The third kappa shape index (κ3) is 3.80. The molecule has 0 aliphatic carbocycles. The number of carbonyl (C=O) groups excluding carboxylic acids is 1. The van der Waals surface area contributed by atoms with Crippen molar-refractivity contribution in [3.05, 3.63) is 17.0 Å². The van der Waals surface area contributed by atoms with Gasteiger partial charge in [-0.3, -0.25) is 4.79 Å². The molecule has 1 aliphatic heterocycles. The smallest absolute Gasteiger partial charge is 0.422 e. The first kappa shape index (κ1) is 18.6. The van der Waals surface area contributed by atoms with Crippen LogP contribution in [0.3, 0.4) is 0 Å². The van der Waals surface area contributed by atoms with E-state index in [0.29, 0.717) is 23.5 Å². The molecule has 142 valence electrons. The second-order valence-electron chi connectivity index (χ2n) is 6.25. The number of thiophene rings is 1. The van der Waals surface area contributed by atoms with Gasteiger partial charge in [-0.05, 0) is 18.9 Å². The summed E-state index contributed by atoms with van der Waals surface area (Å²) in [5.41, 5.74) is 17.9.